The van der Waals surface area contributed by atoms with Gasteiger partial charge in [-0.15, -0.1) is 0 Å². The maximum atomic E-state index is 12.7. The van der Waals surface area contributed by atoms with Gasteiger partial charge < -0.3 is 5.43 Å². The first-order valence-electron chi connectivity index (χ1n) is 6.55. The molecule has 0 aromatic heterocycles. The number of benzene rings is 1. The highest BCUT2D eigenvalue weighted by Crippen LogP contribution is 2.28. The summed E-state index contributed by atoms with van der Waals surface area (Å²) >= 11 is 0. The predicted molar refractivity (Wildman–Crippen MR) is 76.3 cm³/mol. The molecular weight excluding hydrogens is 262 g/mol. The fraction of sp³-hybridized carbons (Fsp3) is 0.538. The van der Waals surface area contributed by atoms with Gasteiger partial charge in [0.05, 0.1) is 4.90 Å². The Hall–Kier alpha value is -1.11. The molecule has 1 aromatic carbocycles. The fourth-order valence-corrected chi connectivity index (χ4v) is 4.60. The summed E-state index contributed by atoms with van der Waals surface area (Å²) < 4.78 is 27.0. The van der Waals surface area contributed by atoms with Crippen LogP contribution in [0.15, 0.2) is 17.0 Å². The van der Waals surface area contributed by atoms with Gasteiger partial charge in [0.2, 0.25) is 10.0 Å². The van der Waals surface area contributed by atoms with Crippen LogP contribution in [0.1, 0.15) is 30.4 Å². The quantitative estimate of drug-likeness (QED) is 0.655. The van der Waals surface area contributed by atoms with Crippen molar-refractivity contribution in [3.05, 3.63) is 23.3 Å². The third-order valence-corrected chi connectivity index (χ3v) is 5.74. The van der Waals surface area contributed by atoms with Crippen molar-refractivity contribution < 1.29 is 8.42 Å². The van der Waals surface area contributed by atoms with Crippen molar-refractivity contribution in [1.82, 2.24) is 4.31 Å². The Bertz CT molecular complexity index is 540. The number of nitrogen functional groups attached to an aromatic ring is 1. The smallest absolute Gasteiger partial charge is 0.243 e. The minimum atomic E-state index is -3.38. The number of rotatable bonds is 3. The molecule has 6 heteroatoms. The van der Waals surface area contributed by atoms with Crippen molar-refractivity contribution in [2.24, 2.45) is 5.84 Å². The molecule has 1 fully saturated rings. The molecule has 19 heavy (non-hydrogen) atoms. The van der Waals surface area contributed by atoms with Crippen LogP contribution in [0, 0.1) is 13.8 Å². The first-order valence-corrected chi connectivity index (χ1v) is 7.99. The molecule has 1 heterocycles. The van der Waals surface area contributed by atoms with Crippen LogP contribution in [0.3, 0.4) is 0 Å². The highest BCUT2D eigenvalue weighted by atomic mass is 32.2. The second kappa shape index (κ2) is 5.48. The van der Waals surface area contributed by atoms with Crippen LogP contribution in [0.25, 0.3) is 0 Å². The van der Waals surface area contributed by atoms with E-state index < -0.39 is 10.0 Å². The van der Waals surface area contributed by atoms with E-state index in [1.54, 1.807) is 16.4 Å². The van der Waals surface area contributed by atoms with Crippen molar-refractivity contribution >= 4 is 15.7 Å². The molecule has 1 aliphatic heterocycles. The largest absolute Gasteiger partial charge is 0.324 e. The lowest BCUT2D eigenvalue weighted by molar-refractivity contribution is 0.346. The summed E-state index contributed by atoms with van der Waals surface area (Å²) in [7, 11) is -3.38. The molecule has 1 aliphatic rings. The van der Waals surface area contributed by atoms with Crippen molar-refractivity contribution in [2.75, 3.05) is 18.5 Å². The zero-order chi connectivity index (χ0) is 14.0. The van der Waals surface area contributed by atoms with Crippen LogP contribution in [0.5, 0.6) is 0 Å². The Kier molecular flexibility index (Phi) is 4.13. The third kappa shape index (κ3) is 2.75. The standard InChI is InChI=1S/C13H21N3O2S/c1-10-8-12(15-14)9-11(2)13(10)19(17,18)16-6-4-3-5-7-16/h8-9,15H,3-7,14H2,1-2H3. The van der Waals surface area contributed by atoms with Gasteiger partial charge >= 0.3 is 0 Å². The molecule has 0 unspecified atom stereocenters. The lowest BCUT2D eigenvalue weighted by Gasteiger charge is -2.27. The number of sulfonamides is 1. The SMILES string of the molecule is Cc1cc(NN)cc(C)c1S(=O)(=O)N1CCCCC1. The van der Waals surface area contributed by atoms with E-state index in [4.69, 9.17) is 5.84 Å². The molecule has 106 valence electrons. The molecule has 1 aromatic rings. The Morgan fingerprint density at radius 1 is 1.11 bits per heavy atom. The van der Waals surface area contributed by atoms with Gasteiger partial charge in [0.25, 0.3) is 0 Å². The number of hydrogen-bond acceptors (Lipinski definition) is 4. The number of aryl methyl sites for hydroxylation is 2. The van der Waals surface area contributed by atoms with Gasteiger partial charge in [-0.3, -0.25) is 5.84 Å². The molecule has 0 amide bonds. The van der Waals surface area contributed by atoms with E-state index in [1.165, 1.54) is 0 Å². The van der Waals surface area contributed by atoms with Crippen LogP contribution in [0.4, 0.5) is 5.69 Å². The third-order valence-electron chi connectivity index (χ3n) is 3.54. The summed E-state index contributed by atoms with van der Waals surface area (Å²) in [5.41, 5.74) is 4.76. The molecule has 0 aliphatic carbocycles. The van der Waals surface area contributed by atoms with Crippen molar-refractivity contribution in [3.8, 4) is 0 Å². The Morgan fingerprint density at radius 2 is 1.63 bits per heavy atom. The summed E-state index contributed by atoms with van der Waals surface area (Å²) in [6.07, 6.45) is 3.00. The molecule has 0 atom stereocenters. The molecule has 0 bridgehead atoms. The highest BCUT2D eigenvalue weighted by Gasteiger charge is 2.28. The van der Waals surface area contributed by atoms with Gasteiger partial charge in [0.1, 0.15) is 0 Å². The Balaban J connectivity index is 2.45. The van der Waals surface area contributed by atoms with Crippen LogP contribution < -0.4 is 11.3 Å². The number of hydrazine groups is 1. The van der Waals surface area contributed by atoms with E-state index in [2.05, 4.69) is 5.43 Å². The zero-order valence-corrected chi connectivity index (χ0v) is 12.3. The Labute approximate surface area is 114 Å². The minimum Gasteiger partial charge on any atom is -0.324 e. The number of nitrogens with zero attached hydrogens (tertiary/aromatic N) is 1. The average molecular weight is 283 g/mol. The maximum Gasteiger partial charge on any atom is 0.243 e. The van der Waals surface area contributed by atoms with E-state index >= 15 is 0 Å². The number of nitrogens with one attached hydrogen (secondary N) is 1. The van der Waals surface area contributed by atoms with Crippen LogP contribution in [-0.2, 0) is 10.0 Å². The average Bonchev–Trinajstić information content (AvgIpc) is 2.38. The molecule has 5 nitrogen and oxygen atoms in total. The summed E-state index contributed by atoms with van der Waals surface area (Å²) in [4.78, 5) is 0.424. The lowest BCUT2D eigenvalue weighted by atomic mass is 10.1. The van der Waals surface area contributed by atoms with Gasteiger partial charge in [-0.2, -0.15) is 4.31 Å². The number of piperidine rings is 1. The first kappa shape index (κ1) is 14.3. The summed E-state index contributed by atoms with van der Waals surface area (Å²) in [5, 5.41) is 0. The van der Waals surface area contributed by atoms with E-state index in [0.29, 0.717) is 18.0 Å². The van der Waals surface area contributed by atoms with Crippen LogP contribution in [-0.4, -0.2) is 25.8 Å². The zero-order valence-electron chi connectivity index (χ0n) is 11.4. The molecule has 1 saturated heterocycles. The summed E-state index contributed by atoms with van der Waals surface area (Å²) in [6.45, 7) is 4.87. The summed E-state index contributed by atoms with van der Waals surface area (Å²) in [5.74, 6) is 5.38. The molecule has 0 saturated carbocycles. The van der Waals surface area contributed by atoms with Gasteiger partial charge in [0, 0.05) is 18.8 Å². The monoisotopic (exact) mass is 283 g/mol. The second-order valence-electron chi connectivity index (χ2n) is 5.05. The highest BCUT2D eigenvalue weighted by molar-refractivity contribution is 7.89. The lowest BCUT2D eigenvalue weighted by Crippen LogP contribution is -2.36. The number of anilines is 1. The van der Waals surface area contributed by atoms with Crippen molar-refractivity contribution in [3.63, 3.8) is 0 Å². The van der Waals surface area contributed by atoms with E-state index in [1.807, 2.05) is 13.8 Å². The summed E-state index contributed by atoms with van der Waals surface area (Å²) in [6, 6.07) is 3.54. The topological polar surface area (TPSA) is 75.4 Å². The van der Waals surface area contributed by atoms with Crippen molar-refractivity contribution in [2.45, 2.75) is 38.0 Å². The van der Waals surface area contributed by atoms with Gasteiger partial charge in [-0.25, -0.2) is 8.42 Å². The van der Waals surface area contributed by atoms with Crippen LogP contribution in [0.2, 0.25) is 0 Å². The van der Waals surface area contributed by atoms with E-state index in [-0.39, 0.29) is 0 Å². The van der Waals surface area contributed by atoms with E-state index in [0.717, 1.165) is 36.1 Å². The van der Waals surface area contributed by atoms with Crippen LogP contribution >= 0.6 is 0 Å². The predicted octanol–water partition coefficient (Wildman–Crippen LogP) is 1.76. The Morgan fingerprint density at radius 3 is 2.11 bits per heavy atom. The number of hydrogen-bond donors (Lipinski definition) is 2. The van der Waals surface area contributed by atoms with Crippen molar-refractivity contribution in [1.29, 1.82) is 0 Å². The normalized spacial score (nSPS) is 17.4. The molecule has 0 radical (unpaired) electrons. The van der Waals surface area contributed by atoms with Gasteiger partial charge in [0.15, 0.2) is 0 Å². The minimum absolute atomic E-state index is 0.424. The molecule has 0 spiro atoms. The number of nitrogens with two attached hydrogens (primary N) is 1. The molecular formula is C13H21N3O2S. The molecule has 2 rings (SSSR count). The van der Waals surface area contributed by atoms with Gasteiger partial charge in [-0.05, 0) is 49.9 Å². The fourth-order valence-electron chi connectivity index (χ4n) is 2.67. The van der Waals surface area contributed by atoms with E-state index in [9.17, 15) is 8.42 Å². The first-order chi connectivity index (χ1) is 8.96. The molecule has 3 N–H and O–H groups in total. The second-order valence-corrected chi connectivity index (χ2v) is 6.92. The van der Waals surface area contributed by atoms with Gasteiger partial charge in [-0.1, -0.05) is 6.42 Å². The maximum absolute atomic E-state index is 12.7.